The van der Waals surface area contributed by atoms with E-state index in [1.807, 2.05) is 39.0 Å². The van der Waals surface area contributed by atoms with Crippen molar-refractivity contribution in [3.8, 4) is 10.9 Å². The number of para-hydroxylation sites is 1. The monoisotopic (exact) mass is 527 g/mol. The summed E-state index contributed by atoms with van der Waals surface area (Å²) in [5, 5.41) is 7.98. The van der Waals surface area contributed by atoms with Crippen LogP contribution in [-0.2, 0) is 10.0 Å². The summed E-state index contributed by atoms with van der Waals surface area (Å²) < 4.78 is 35.1. The summed E-state index contributed by atoms with van der Waals surface area (Å²) in [4.78, 5) is 17.9. The van der Waals surface area contributed by atoms with Crippen LogP contribution in [0, 0.1) is 6.92 Å². The number of hydrogen-bond acceptors (Lipinski definition) is 7. The molecule has 0 atom stereocenters. The van der Waals surface area contributed by atoms with Gasteiger partial charge in [-0.3, -0.25) is 4.79 Å². The van der Waals surface area contributed by atoms with Gasteiger partial charge in [0.2, 0.25) is 15.2 Å². The number of nitrogens with one attached hydrogen (secondary N) is 1. The van der Waals surface area contributed by atoms with Crippen molar-refractivity contribution in [2.45, 2.75) is 38.5 Å². The number of ether oxygens (including phenoxy) is 1. The van der Waals surface area contributed by atoms with E-state index < -0.39 is 10.0 Å². The Morgan fingerprint density at radius 2 is 1.92 bits per heavy atom. The van der Waals surface area contributed by atoms with Crippen LogP contribution in [0.4, 0.5) is 5.82 Å². The van der Waals surface area contributed by atoms with Crippen LogP contribution >= 0.6 is 11.3 Å². The number of benzene rings is 2. The van der Waals surface area contributed by atoms with E-state index in [1.165, 1.54) is 39.9 Å². The Morgan fingerprint density at radius 3 is 2.61 bits per heavy atom. The van der Waals surface area contributed by atoms with Crippen LogP contribution < -0.4 is 10.1 Å². The lowest BCUT2D eigenvalue weighted by Gasteiger charge is -2.17. The SMILES string of the molecule is CCCCN(C)S(=O)(=O)c1ccc(C(=O)Nc2cc(C)nn2-c2nc3c(OCC)cccc3s2)cc1. The number of carbonyl (C=O) groups is 1. The largest absolute Gasteiger partial charge is 0.492 e. The minimum absolute atomic E-state index is 0.151. The highest BCUT2D eigenvalue weighted by Gasteiger charge is 2.21. The minimum Gasteiger partial charge on any atom is -0.492 e. The minimum atomic E-state index is -3.60. The van der Waals surface area contributed by atoms with Crippen LogP contribution in [0.25, 0.3) is 15.3 Å². The number of nitrogens with zero attached hydrogens (tertiary/aromatic N) is 4. The number of unbranched alkanes of at least 4 members (excludes halogenated alkanes) is 1. The van der Waals surface area contributed by atoms with Gasteiger partial charge in [-0.25, -0.2) is 17.7 Å². The smallest absolute Gasteiger partial charge is 0.256 e. The summed E-state index contributed by atoms with van der Waals surface area (Å²) in [5.74, 6) is 0.781. The van der Waals surface area contributed by atoms with Crippen LogP contribution in [0.15, 0.2) is 53.4 Å². The Hall–Kier alpha value is -3.28. The van der Waals surface area contributed by atoms with E-state index in [1.54, 1.807) is 17.8 Å². The first-order valence-electron chi connectivity index (χ1n) is 11.7. The third-order valence-corrected chi connectivity index (χ3v) is 8.44. The lowest BCUT2D eigenvalue weighted by molar-refractivity contribution is 0.102. The average molecular weight is 528 g/mol. The molecule has 0 spiro atoms. The van der Waals surface area contributed by atoms with Crippen LogP contribution in [0.1, 0.15) is 42.7 Å². The topological polar surface area (TPSA) is 106 Å². The number of aromatic nitrogens is 3. The third kappa shape index (κ3) is 5.28. The summed E-state index contributed by atoms with van der Waals surface area (Å²) in [7, 11) is -2.04. The van der Waals surface area contributed by atoms with Crippen molar-refractivity contribution >= 4 is 43.3 Å². The van der Waals surface area contributed by atoms with Crippen LogP contribution in [0.5, 0.6) is 5.75 Å². The number of hydrogen-bond donors (Lipinski definition) is 1. The summed E-state index contributed by atoms with van der Waals surface area (Å²) in [6.45, 7) is 6.74. The molecule has 0 bridgehead atoms. The van der Waals surface area contributed by atoms with E-state index in [-0.39, 0.29) is 10.8 Å². The molecule has 1 amide bonds. The highest BCUT2D eigenvalue weighted by molar-refractivity contribution is 7.89. The van der Waals surface area contributed by atoms with Gasteiger partial charge in [0.25, 0.3) is 5.91 Å². The second-order valence-corrected chi connectivity index (χ2v) is 11.3. The van der Waals surface area contributed by atoms with Gasteiger partial charge in [-0.15, -0.1) is 0 Å². The molecular weight excluding hydrogens is 498 g/mol. The second-order valence-electron chi connectivity index (χ2n) is 8.27. The molecule has 0 aliphatic carbocycles. The number of carbonyl (C=O) groups excluding carboxylic acids is 1. The summed E-state index contributed by atoms with van der Waals surface area (Å²) in [6, 6.07) is 13.4. The zero-order valence-corrected chi connectivity index (χ0v) is 22.3. The van der Waals surface area contributed by atoms with Crippen LogP contribution in [-0.4, -0.2) is 53.6 Å². The maximum Gasteiger partial charge on any atom is 0.256 e. The van der Waals surface area contributed by atoms with Crippen LogP contribution in [0.2, 0.25) is 0 Å². The number of anilines is 1. The zero-order valence-electron chi connectivity index (χ0n) is 20.7. The Balaban J connectivity index is 1.57. The molecule has 0 aliphatic rings. The molecule has 190 valence electrons. The molecule has 2 aromatic heterocycles. The number of amides is 1. The number of fused-ring (bicyclic) bond motifs is 1. The van der Waals surface area contributed by atoms with Gasteiger partial charge in [0.15, 0.2) is 0 Å². The lowest BCUT2D eigenvalue weighted by atomic mass is 10.2. The van der Waals surface area contributed by atoms with E-state index in [0.717, 1.165) is 23.1 Å². The summed E-state index contributed by atoms with van der Waals surface area (Å²) in [6.07, 6.45) is 1.69. The quantitative estimate of drug-likeness (QED) is 0.316. The lowest BCUT2D eigenvalue weighted by Crippen LogP contribution is -2.28. The fourth-order valence-electron chi connectivity index (χ4n) is 3.66. The van der Waals surface area contributed by atoms with Crippen molar-refractivity contribution in [2.75, 3.05) is 25.5 Å². The highest BCUT2D eigenvalue weighted by Crippen LogP contribution is 2.32. The average Bonchev–Trinajstić information content (AvgIpc) is 3.46. The van der Waals surface area contributed by atoms with Gasteiger partial charge < -0.3 is 10.1 Å². The molecule has 0 aliphatic heterocycles. The normalized spacial score (nSPS) is 11.8. The number of aryl methyl sites for hydroxylation is 1. The molecule has 4 aromatic rings. The predicted molar refractivity (Wildman–Crippen MR) is 142 cm³/mol. The first kappa shape index (κ1) is 25.8. The maximum absolute atomic E-state index is 13.0. The van der Waals surface area contributed by atoms with Crippen molar-refractivity contribution in [3.05, 3.63) is 59.8 Å². The molecule has 1 N–H and O–H groups in total. The van der Waals surface area contributed by atoms with Gasteiger partial charge in [0.1, 0.15) is 17.1 Å². The van der Waals surface area contributed by atoms with Gasteiger partial charge in [-0.1, -0.05) is 30.7 Å². The molecule has 2 aromatic carbocycles. The molecule has 11 heteroatoms. The summed E-state index contributed by atoms with van der Waals surface area (Å²) >= 11 is 1.44. The third-order valence-electron chi connectivity index (χ3n) is 5.58. The predicted octanol–water partition coefficient (Wildman–Crippen LogP) is 4.86. The van der Waals surface area contributed by atoms with E-state index in [0.29, 0.717) is 41.1 Å². The molecule has 0 radical (unpaired) electrons. The molecule has 0 saturated carbocycles. The second kappa shape index (κ2) is 10.8. The summed E-state index contributed by atoms with van der Waals surface area (Å²) in [5.41, 5.74) is 1.79. The molecule has 2 heterocycles. The van der Waals surface area contributed by atoms with E-state index in [9.17, 15) is 13.2 Å². The fourth-order valence-corrected chi connectivity index (χ4v) is 5.81. The number of rotatable bonds is 10. The Labute approximate surface area is 214 Å². The van der Waals surface area contributed by atoms with Crippen molar-refractivity contribution in [2.24, 2.45) is 0 Å². The van der Waals surface area contributed by atoms with Gasteiger partial charge in [0.05, 0.1) is 21.9 Å². The molecular formula is C25H29N5O4S2. The van der Waals surface area contributed by atoms with Crippen molar-refractivity contribution in [3.63, 3.8) is 0 Å². The Bertz CT molecular complexity index is 1480. The van der Waals surface area contributed by atoms with E-state index in [4.69, 9.17) is 9.72 Å². The van der Waals surface area contributed by atoms with Gasteiger partial charge in [-0.2, -0.15) is 9.78 Å². The Morgan fingerprint density at radius 1 is 1.17 bits per heavy atom. The van der Waals surface area contributed by atoms with Crippen molar-refractivity contribution < 1.29 is 17.9 Å². The van der Waals surface area contributed by atoms with Gasteiger partial charge in [0, 0.05) is 25.2 Å². The molecule has 36 heavy (non-hydrogen) atoms. The molecule has 4 rings (SSSR count). The van der Waals surface area contributed by atoms with Crippen molar-refractivity contribution in [1.82, 2.24) is 19.1 Å². The number of sulfonamides is 1. The van der Waals surface area contributed by atoms with Gasteiger partial charge in [-0.05, 0) is 56.7 Å². The maximum atomic E-state index is 13.0. The van der Waals surface area contributed by atoms with E-state index >= 15 is 0 Å². The first-order chi connectivity index (χ1) is 17.2. The molecule has 0 saturated heterocycles. The molecule has 9 nitrogen and oxygen atoms in total. The highest BCUT2D eigenvalue weighted by atomic mass is 32.2. The first-order valence-corrected chi connectivity index (χ1v) is 14.0. The standard InChI is InChI=1S/C25H29N5O4S2/c1-5-7-15-29(4)36(32,33)19-13-11-18(12-14-19)24(31)26-22-16-17(3)28-30(22)25-27-23-20(34-6-2)9-8-10-21(23)35-25/h8-14,16H,5-7,15H2,1-4H3,(H,26,31). The molecule has 0 unspecified atom stereocenters. The van der Waals surface area contributed by atoms with Crippen LogP contribution in [0.3, 0.4) is 0 Å². The van der Waals surface area contributed by atoms with Crippen molar-refractivity contribution in [1.29, 1.82) is 0 Å². The van der Waals surface area contributed by atoms with E-state index in [2.05, 4.69) is 10.4 Å². The molecule has 0 fully saturated rings. The van der Waals surface area contributed by atoms with Gasteiger partial charge >= 0.3 is 0 Å². The number of thiazole rings is 1. The zero-order chi connectivity index (χ0) is 25.9. The fraction of sp³-hybridized carbons (Fsp3) is 0.320. The Kier molecular flexibility index (Phi) is 7.72.